The molecule has 1 atom stereocenters. The van der Waals surface area contributed by atoms with E-state index in [9.17, 15) is 4.79 Å². The minimum absolute atomic E-state index is 0.0149. The molecule has 0 radical (unpaired) electrons. The highest BCUT2D eigenvalue weighted by molar-refractivity contribution is 7.22. The molecule has 5 nitrogen and oxygen atoms in total. The molecule has 152 valence electrons. The van der Waals surface area contributed by atoms with Crippen molar-refractivity contribution < 1.29 is 14.3 Å². The van der Waals surface area contributed by atoms with Gasteiger partial charge in [0.15, 0.2) is 0 Å². The van der Waals surface area contributed by atoms with Crippen LogP contribution in [0.25, 0.3) is 9.88 Å². The van der Waals surface area contributed by atoms with Gasteiger partial charge >= 0.3 is 0 Å². The average molecular weight is 429 g/mol. The lowest BCUT2D eigenvalue weighted by Gasteiger charge is -2.25. The smallest absolute Gasteiger partial charge is 0.266 e. The van der Waals surface area contributed by atoms with Gasteiger partial charge in [0, 0.05) is 19.7 Å². The van der Waals surface area contributed by atoms with Crippen LogP contribution in [0.3, 0.4) is 0 Å². The second-order valence-corrected chi connectivity index (χ2v) is 9.03. The molecule has 1 aliphatic rings. The number of amides is 1. The second-order valence-electron chi connectivity index (χ2n) is 7.08. The van der Waals surface area contributed by atoms with Gasteiger partial charge in [0.05, 0.1) is 23.8 Å². The van der Waals surface area contributed by atoms with Crippen molar-refractivity contribution in [2.45, 2.75) is 32.4 Å². The highest BCUT2D eigenvalue weighted by Crippen LogP contribution is 2.32. The summed E-state index contributed by atoms with van der Waals surface area (Å²) in [6.07, 6.45) is 2.13. The predicted molar refractivity (Wildman–Crippen MR) is 117 cm³/mol. The summed E-state index contributed by atoms with van der Waals surface area (Å²) >= 11 is 3.11. The molecule has 3 heterocycles. The number of rotatable bonds is 7. The number of hydrogen-bond donors (Lipinski definition) is 0. The minimum Gasteiger partial charge on any atom is -0.497 e. The number of aryl methyl sites for hydroxylation is 1. The van der Waals surface area contributed by atoms with Crippen molar-refractivity contribution in [2.75, 3.05) is 20.3 Å². The molecule has 1 unspecified atom stereocenters. The third kappa shape index (κ3) is 4.69. The molecule has 1 aromatic carbocycles. The van der Waals surface area contributed by atoms with E-state index in [0.29, 0.717) is 18.0 Å². The molecule has 7 heteroatoms. The van der Waals surface area contributed by atoms with Gasteiger partial charge in [-0.05, 0) is 48.9 Å². The van der Waals surface area contributed by atoms with E-state index in [-0.39, 0.29) is 12.0 Å². The summed E-state index contributed by atoms with van der Waals surface area (Å²) < 4.78 is 11.2. The van der Waals surface area contributed by atoms with Crippen LogP contribution in [0.15, 0.2) is 41.8 Å². The van der Waals surface area contributed by atoms with Gasteiger partial charge in [0.2, 0.25) is 0 Å². The Morgan fingerprint density at radius 2 is 2.24 bits per heavy atom. The summed E-state index contributed by atoms with van der Waals surface area (Å²) in [5, 5.41) is 2.93. The van der Waals surface area contributed by atoms with Gasteiger partial charge in [-0.3, -0.25) is 4.79 Å². The molecule has 3 aromatic rings. The van der Waals surface area contributed by atoms with Crippen LogP contribution in [0.5, 0.6) is 5.75 Å². The van der Waals surface area contributed by atoms with E-state index in [1.165, 1.54) is 11.3 Å². The fourth-order valence-corrected chi connectivity index (χ4v) is 5.32. The topological polar surface area (TPSA) is 51.7 Å². The van der Waals surface area contributed by atoms with Gasteiger partial charge in [-0.25, -0.2) is 4.98 Å². The predicted octanol–water partition coefficient (Wildman–Crippen LogP) is 5.01. The van der Waals surface area contributed by atoms with E-state index in [0.717, 1.165) is 46.3 Å². The van der Waals surface area contributed by atoms with E-state index in [4.69, 9.17) is 9.47 Å². The van der Waals surface area contributed by atoms with E-state index in [2.05, 4.69) is 4.98 Å². The maximum atomic E-state index is 13.5. The van der Waals surface area contributed by atoms with Crippen LogP contribution in [0.4, 0.5) is 0 Å². The second kappa shape index (κ2) is 9.07. The van der Waals surface area contributed by atoms with Gasteiger partial charge in [-0.1, -0.05) is 18.2 Å². The van der Waals surface area contributed by atoms with E-state index >= 15 is 0 Å². The van der Waals surface area contributed by atoms with E-state index < -0.39 is 0 Å². The van der Waals surface area contributed by atoms with Gasteiger partial charge < -0.3 is 14.4 Å². The number of thiophene rings is 1. The Balaban J connectivity index is 1.60. The fraction of sp³-hybridized carbons (Fsp3) is 0.364. The van der Waals surface area contributed by atoms with Crippen LogP contribution >= 0.6 is 22.7 Å². The Morgan fingerprint density at radius 1 is 1.34 bits per heavy atom. The Morgan fingerprint density at radius 3 is 2.97 bits per heavy atom. The van der Waals surface area contributed by atoms with E-state index in [1.54, 1.807) is 18.4 Å². The number of ether oxygens (including phenoxy) is 2. The Kier molecular flexibility index (Phi) is 6.28. The molecule has 0 N–H and O–H groups in total. The first kappa shape index (κ1) is 20.1. The molecule has 1 saturated heterocycles. The van der Waals surface area contributed by atoms with Crippen molar-refractivity contribution in [1.29, 1.82) is 0 Å². The Bertz CT molecular complexity index is 962. The number of benzene rings is 1. The van der Waals surface area contributed by atoms with Crippen LogP contribution in [0.1, 0.15) is 33.8 Å². The molecule has 1 fully saturated rings. The monoisotopic (exact) mass is 428 g/mol. The lowest BCUT2D eigenvalue weighted by atomic mass is 10.1. The van der Waals surface area contributed by atoms with Gasteiger partial charge in [-0.2, -0.15) is 0 Å². The van der Waals surface area contributed by atoms with Gasteiger partial charge in [0.25, 0.3) is 5.91 Å². The SMILES string of the molecule is COc1cccc(CN(CC2CCCO2)C(=O)c2sc(-c3cccs3)nc2C)c1. The number of carbonyl (C=O) groups is 1. The van der Waals surface area contributed by atoms with Crippen molar-refractivity contribution in [3.63, 3.8) is 0 Å². The highest BCUT2D eigenvalue weighted by atomic mass is 32.1. The molecule has 1 amide bonds. The normalized spacial score (nSPS) is 16.1. The van der Waals surface area contributed by atoms with Crippen molar-refractivity contribution in [1.82, 2.24) is 9.88 Å². The third-order valence-corrected chi connectivity index (χ3v) is 7.15. The molecule has 29 heavy (non-hydrogen) atoms. The minimum atomic E-state index is 0.0149. The summed E-state index contributed by atoms with van der Waals surface area (Å²) in [7, 11) is 1.65. The van der Waals surface area contributed by atoms with Crippen LogP contribution in [0.2, 0.25) is 0 Å². The number of hydrogen-bond acceptors (Lipinski definition) is 6. The molecule has 0 spiro atoms. The third-order valence-electron chi connectivity index (χ3n) is 4.97. The largest absolute Gasteiger partial charge is 0.497 e. The summed E-state index contributed by atoms with van der Waals surface area (Å²) in [6, 6.07) is 11.9. The molecule has 1 aliphatic heterocycles. The lowest BCUT2D eigenvalue weighted by Crippen LogP contribution is -2.36. The standard InChI is InChI=1S/C22H24N2O3S2/c1-15-20(29-21(23-15)19-9-5-11-28-19)22(25)24(14-18-8-4-10-27-18)13-16-6-3-7-17(12-16)26-2/h3,5-7,9,11-12,18H,4,8,10,13-14H2,1-2H3. The molecule has 2 aromatic heterocycles. The summed E-state index contributed by atoms with van der Waals surface area (Å²) in [5.74, 6) is 0.807. The molecular formula is C22H24N2O3S2. The first-order valence-corrected chi connectivity index (χ1v) is 11.4. The maximum absolute atomic E-state index is 13.5. The van der Waals surface area contributed by atoms with Crippen LogP contribution in [0, 0.1) is 6.92 Å². The van der Waals surface area contributed by atoms with Crippen molar-refractivity contribution >= 4 is 28.6 Å². The van der Waals surface area contributed by atoms with Crippen molar-refractivity contribution in [3.05, 3.63) is 57.9 Å². The summed E-state index contributed by atoms with van der Waals surface area (Å²) in [4.78, 5) is 21.8. The van der Waals surface area contributed by atoms with Crippen LogP contribution in [-0.4, -0.2) is 42.2 Å². The number of nitrogens with zero attached hydrogens (tertiary/aromatic N) is 2. The highest BCUT2D eigenvalue weighted by Gasteiger charge is 2.27. The van der Waals surface area contributed by atoms with Crippen molar-refractivity contribution in [2.24, 2.45) is 0 Å². The summed E-state index contributed by atoms with van der Waals surface area (Å²) in [5.41, 5.74) is 1.82. The zero-order valence-corrected chi connectivity index (χ0v) is 18.2. The number of carbonyl (C=O) groups excluding carboxylic acids is 1. The van der Waals surface area contributed by atoms with Gasteiger partial charge in [-0.15, -0.1) is 22.7 Å². The average Bonchev–Trinajstić information content (AvgIpc) is 3.49. The first-order chi connectivity index (χ1) is 14.1. The molecular weight excluding hydrogens is 404 g/mol. The zero-order chi connectivity index (χ0) is 20.2. The molecule has 4 rings (SSSR count). The Labute approximate surface area is 178 Å². The number of methoxy groups -OCH3 is 1. The lowest BCUT2D eigenvalue weighted by molar-refractivity contribution is 0.0510. The van der Waals surface area contributed by atoms with Crippen LogP contribution in [-0.2, 0) is 11.3 Å². The quantitative estimate of drug-likeness (QED) is 0.531. The zero-order valence-electron chi connectivity index (χ0n) is 16.6. The summed E-state index contributed by atoms with van der Waals surface area (Å²) in [6.45, 7) is 3.79. The Hall–Kier alpha value is -2.22. The van der Waals surface area contributed by atoms with Gasteiger partial charge in [0.1, 0.15) is 15.6 Å². The fourth-order valence-electron chi connectivity index (χ4n) is 3.49. The molecule has 0 aliphatic carbocycles. The number of aromatic nitrogens is 1. The molecule has 0 bridgehead atoms. The van der Waals surface area contributed by atoms with E-state index in [1.807, 2.05) is 53.6 Å². The first-order valence-electron chi connectivity index (χ1n) is 9.69. The number of thiazole rings is 1. The van der Waals surface area contributed by atoms with Crippen LogP contribution < -0.4 is 4.74 Å². The maximum Gasteiger partial charge on any atom is 0.266 e. The van der Waals surface area contributed by atoms with Crippen molar-refractivity contribution in [3.8, 4) is 15.6 Å². The molecule has 0 saturated carbocycles.